The van der Waals surface area contributed by atoms with E-state index in [9.17, 15) is 4.79 Å². The average molecular weight is 231 g/mol. The van der Waals surface area contributed by atoms with E-state index in [1.165, 1.54) is 38.5 Å². The molecule has 2 unspecified atom stereocenters. The monoisotopic (exact) mass is 231 g/mol. The van der Waals surface area contributed by atoms with Gasteiger partial charge in [-0.15, -0.1) is 0 Å². The lowest BCUT2D eigenvalue weighted by Gasteiger charge is -2.65. The Hall–Kier alpha value is -0.265. The van der Waals surface area contributed by atoms with Crippen LogP contribution in [0.25, 0.3) is 0 Å². The molecule has 0 spiro atoms. The van der Waals surface area contributed by atoms with E-state index >= 15 is 0 Å². The van der Waals surface area contributed by atoms with Crippen LogP contribution >= 0.6 is 0 Å². The van der Waals surface area contributed by atoms with Gasteiger partial charge in [-0.2, -0.15) is 0 Å². The van der Waals surface area contributed by atoms with E-state index in [0.717, 1.165) is 12.2 Å². The number of carbonyl (C=O) groups excluding carboxylic acids is 1. The summed E-state index contributed by atoms with van der Waals surface area (Å²) in [5, 5.41) is 0. The molecule has 4 saturated carbocycles. The van der Waals surface area contributed by atoms with Gasteiger partial charge in [-0.1, -0.05) is 20.2 Å². The quantitative estimate of drug-likeness (QED) is 0.677. The summed E-state index contributed by atoms with van der Waals surface area (Å²) >= 11 is 0. The molecule has 4 aliphatic rings. The Kier molecular flexibility index (Phi) is 2.36. The molecule has 4 rings (SSSR count). The fourth-order valence-corrected chi connectivity index (χ4v) is 6.27. The molecule has 4 bridgehead atoms. The second kappa shape index (κ2) is 3.39. The van der Waals surface area contributed by atoms with Crippen LogP contribution in [-0.2, 0) is 4.79 Å². The predicted octanol–water partition coefficient (Wildman–Crippen LogP) is 3.65. The van der Waals surface area contributed by atoms with Crippen molar-refractivity contribution in [2.75, 3.05) is 0 Å². The van der Waals surface area contributed by atoms with Crippen LogP contribution in [-0.4, -0.2) is 13.0 Å². The number of rotatable bonds is 3. The summed E-state index contributed by atoms with van der Waals surface area (Å²) in [6, 6.07) is 0. The van der Waals surface area contributed by atoms with Crippen molar-refractivity contribution in [2.45, 2.75) is 65.6 Å². The molecule has 4 aliphatic carbocycles. The van der Waals surface area contributed by atoms with E-state index in [1.807, 2.05) is 7.28 Å². The molecule has 0 N–H and O–H groups in total. The highest BCUT2D eigenvalue weighted by molar-refractivity contribution is 6.73. The summed E-state index contributed by atoms with van der Waals surface area (Å²) in [7, 11) is 1.96. The van der Waals surface area contributed by atoms with Crippen molar-refractivity contribution in [1.29, 1.82) is 0 Å². The lowest BCUT2D eigenvalue weighted by Crippen LogP contribution is -2.55. The molecule has 4 fully saturated rings. The Morgan fingerprint density at radius 2 is 1.71 bits per heavy atom. The van der Waals surface area contributed by atoms with Crippen molar-refractivity contribution in [3.63, 3.8) is 0 Å². The maximum atomic E-state index is 11.2. The second-order valence-electron chi connectivity index (χ2n) is 8.15. The Labute approximate surface area is 106 Å². The van der Waals surface area contributed by atoms with Crippen LogP contribution in [0.4, 0.5) is 0 Å². The standard InChI is InChI=1S/C15H24BO/c1-11(17)16-10-15-6-12-4-13(2,8-15)7-14(3,5-12)9-15/h12H,4-10H2,1-3H3. The molecule has 17 heavy (non-hydrogen) atoms. The van der Waals surface area contributed by atoms with E-state index < -0.39 is 0 Å². The van der Waals surface area contributed by atoms with Gasteiger partial charge in [-0.05, 0) is 67.6 Å². The molecule has 93 valence electrons. The molecule has 2 atom stereocenters. The van der Waals surface area contributed by atoms with Crippen LogP contribution in [0.1, 0.15) is 59.3 Å². The molecule has 1 radical (unpaired) electrons. The molecule has 0 heterocycles. The highest BCUT2D eigenvalue weighted by Gasteiger charge is 2.59. The van der Waals surface area contributed by atoms with E-state index in [0.29, 0.717) is 16.2 Å². The predicted molar refractivity (Wildman–Crippen MR) is 71.1 cm³/mol. The summed E-state index contributed by atoms with van der Waals surface area (Å²) in [6.07, 6.45) is 9.50. The SMILES string of the molecule is CC(=O)[B]CC12CC3CC(C)(CC(C)(C3)C1)C2. The van der Waals surface area contributed by atoms with Gasteiger partial charge in [-0.25, -0.2) is 0 Å². The van der Waals surface area contributed by atoms with Crippen molar-refractivity contribution in [3.05, 3.63) is 0 Å². The average Bonchev–Trinajstić information content (AvgIpc) is 2.08. The van der Waals surface area contributed by atoms with Crippen molar-refractivity contribution in [3.8, 4) is 0 Å². The first-order chi connectivity index (χ1) is 7.82. The lowest BCUT2D eigenvalue weighted by molar-refractivity contribution is -0.137. The first-order valence-corrected chi connectivity index (χ1v) is 7.16. The van der Waals surface area contributed by atoms with Gasteiger partial charge < -0.3 is 4.79 Å². The first-order valence-electron chi connectivity index (χ1n) is 7.16. The topological polar surface area (TPSA) is 17.1 Å². The maximum absolute atomic E-state index is 11.2. The maximum Gasteiger partial charge on any atom is 0.202 e. The molecule has 1 nitrogen and oxygen atoms in total. The van der Waals surface area contributed by atoms with Gasteiger partial charge >= 0.3 is 0 Å². The Morgan fingerprint density at radius 3 is 2.18 bits per heavy atom. The molecule has 2 heteroatoms. The minimum absolute atomic E-state index is 0.260. The Bertz CT molecular complexity index is 344. The summed E-state index contributed by atoms with van der Waals surface area (Å²) in [5.74, 6) is 0.946. The van der Waals surface area contributed by atoms with Crippen molar-refractivity contribution in [1.82, 2.24) is 0 Å². The molecule has 0 amide bonds. The zero-order chi connectivity index (χ0) is 12.3. The van der Waals surface area contributed by atoms with Crippen LogP contribution < -0.4 is 0 Å². The molecular weight excluding hydrogens is 207 g/mol. The van der Waals surface area contributed by atoms with E-state index in [-0.39, 0.29) is 5.68 Å². The number of hydrogen-bond donors (Lipinski definition) is 0. The van der Waals surface area contributed by atoms with Crippen LogP contribution in [0.3, 0.4) is 0 Å². The number of hydrogen-bond acceptors (Lipinski definition) is 1. The van der Waals surface area contributed by atoms with Crippen molar-refractivity contribution >= 4 is 13.0 Å². The third-order valence-electron chi connectivity index (χ3n) is 5.56. The zero-order valence-electron chi connectivity index (χ0n) is 11.5. The highest BCUT2D eigenvalue weighted by Crippen LogP contribution is 2.70. The van der Waals surface area contributed by atoms with Gasteiger partial charge in [0.2, 0.25) is 7.28 Å². The van der Waals surface area contributed by atoms with Crippen LogP contribution in [0.15, 0.2) is 0 Å². The van der Waals surface area contributed by atoms with Crippen molar-refractivity contribution < 1.29 is 4.79 Å². The summed E-state index contributed by atoms with van der Waals surface area (Å²) in [4.78, 5) is 11.2. The third kappa shape index (κ3) is 1.98. The minimum atomic E-state index is 0.260. The highest BCUT2D eigenvalue weighted by atomic mass is 16.1. The normalized spacial score (nSPS) is 51.6. The van der Waals surface area contributed by atoms with E-state index in [2.05, 4.69) is 13.8 Å². The van der Waals surface area contributed by atoms with E-state index in [1.54, 1.807) is 6.92 Å². The molecule has 0 aromatic carbocycles. The van der Waals surface area contributed by atoms with Crippen LogP contribution in [0.2, 0.25) is 6.32 Å². The third-order valence-corrected chi connectivity index (χ3v) is 5.56. The minimum Gasteiger partial charge on any atom is -0.312 e. The fraction of sp³-hybridized carbons (Fsp3) is 0.933. The van der Waals surface area contributed by atoms with Gasteiger partial charge in [0.05, 0.1) is 5.68 Å². The zero-order valence-corrected chi connectivity index (χ0v) is 11.5. The summed E-state index contributed by atoms with van der Waals surface area (Å²) < 4.78 is 0. The van der Waals surface area contributed by atoms with Crippen LogP contribution in [0, 0.1) is 22.2 Å². The fourth-order valence-electron chi connectivity index (χ4n) is 6.27. The lowest BCUT2D eigenvalue weighted by atomic mass is 9.37. The summed E-state index contributed by atoms with van der Waals surface area (Å²) in [5.41, 5.74) is 1.91. The van der Waals surface area contributed by atoms with Gasteiger partial charge in [-0.3, -0.25) is 0 Å². The molecule has 0 aromatic rings. The van der Waals surface area contributed by atoms with Crippen molar-refractivity contribution in [2.24, 2.45) is 22.2 Å². The largest absolute Gasteiger partial charge is 0.312 e. The van der Waals surface area contributed by atoms with Gasteiger partial charge in [0.25, 0.3) is 0 Å². The van der Waals surface area contributed by atoms with Gasteiger partial charge in [0, 0.05) is 0 Å². The van der Waals surface area contributed by atoms with Gasteiger partial charge in [0.1, 0.15) is 0 Å². The second-order valence-corrected chi connectivity index (χ2v) is 8.15. The van der Waals surface area contributed by atoms with Gasteiger partial charge in [0.15, 0.2) is 0 Å². The smallest absolute Gasteiger partial charge is 0.202 e. The Morgan fingerprint density at radius 1 is 1.12 bits per heavy atom. The molecule has 0 aromatic heterocycles. The molecular formula is C15H24BO. The Balaban J connectivity index is 1.84. The number of carbonyl (C=O) groups is 1. The van der Waals surface area contributed by atoms with Crippen LogP contribution in [0.5, 0.6) is 0 Å². The van der Waals surface area contributed by atoms with E-state index in [4.69, 9.17) is 0 Å². The first kappa shape index (κ1) is 11.8. The summed E-state index contributed by atoms with van der Waals surface area (Å²) in [6.45, 7) is 6.69. The molecule has 0 saturated heterocycles. The molecule has 0 aliphatic heterocycles.